The van der Waals surface area contributed by atoms with Crippen molar-refractivity contribution in [3.8, 4) is 0 Å². The van der Waals surface area contributed by atoms with Gasteiger partial charge in [0.25, 0.3) is 0 Å². The molecule has 2 aromatic rings. The van der Waals surface area contributed by atoms with Crippen LogP contribution in [0.25, 0.3) is 0 Å². The van der Waals surface area contributed by atoms with Crippen molar-refractivity contribution < 1.29 is 4.42 Å². The first-order valence-corrected chi connectivity index (χ1v) is 5.23. The van der Waals surface area contributed by atoms with Gasteiger partial charge in [-0.3, -0.25) is 0 Å². The first kappa shape index (κ1) is 10.8. The predicted octanol–water partition coefficient (Wildman–Crippen LogP) is 1.85. The number of hydrogen-bond acceptors (Lipinski definition) is 4. The lowest BCUT2D eigenvalue weighted by molar-refractivity contribution is 0.388. The maximum Gasteiger partial charge on any atom is 0.230 e. The number of rotatable bonds is 3. The average molecular weight is 217 g/mol. The second-order valence-electron chi connectivity index (χ2n) is 4.20. The molecule has 0 bridgehead atoms. The summed E-state index contributed by atoms with van der Waals surface area (Å²) in [6.45, 7) is 4.38. The third kappa shape index (κ3) is 1.84. The molecule has 1 heterocycles. The van der Waals surface area contributed by atoms with Gasteiger partial charge in [0.1, 0.15) is 0 Å². The van der Waals surface area contributed by atoms with Crippen LogP contribution in [0.15, 0.2) is 34.7 Å². The molecule has 0 spiro atoms. The lowest BCUT2D eigenvalue weighted by Crippen LogP contribution is -2.19. The zero-order chi connectivity index (χ0) is 11.6. The fraction of sp³-hybridized carbons (Fsp3) is 0.333. The summed E-state index contributed by atoms with van der Waals surface area (Å²) in [5.41, 5.74) is 6.30. The molecule has 0 saturated heterocycles. The second kappa shape index (κ2) is 4.06. The van der Waals surface area contributed by atoms with E-state index < -0.39 is 0 Å². The summed E-state index contributed by atoms with van der Waals surface area (Å²) in [4.78, 5) is 0. The van der Waals surface area contributed by atoms with Crippen molar-refractivity contribution >= 4 is 0 Å². The number of nitrogens with zero attached hydrogens (tertiary/aromatic N) is 2. The summed E-state index contributed by atoms with van der Waals surface area (Å²) in [7, 11) is 0. The predicted molar refractivity (Wildman–Crippen MR) is 60.8 cm³/mol. The highest BCUT2D eigenvalue weighted by Crippen LogP contribution is 2.29. The van der Waals surface area contributed by atoms with E-state index in [1.807, 2.05) is 30.3 Å². The highest BCUT2D eigenvalue weighted by molar-refractivity contribution is 5.29. The van der Waals surface area contributed by atoms with Crippen molar-refractivity contribution in [1.82, 2.24) is 10.2 Å². The van der Waals surface area contributed by atoms with Gasteiger partial charge in [0.05, 0.1) is 12.0 Å². The Morgan fingerprint density at radius 3 is 2.44 bits per heavy atom. The zero-order valence-electron chi connectivity index (χ0n) is 9.47. The Morgan fingerprint density at radius 2 is 1.88 bits per heavy atom. The third-order valence-electron chi connectivity index (χ3n) is 2.67. The lowest BCUT2D eigenvalue weighted by Gasteiger charge is -2.20. The lowest BCUT2D eigenvalue weighted by atomic mass is 9.85. The van der Waals surface area contributed by atoms with Crippen molar-refractivity contribution in [3.63, 3.8) is 0 Å². The maximum atomic E-state index is 5.50. The van der Waals surface area contributed by atoms with Gasteiger partial charge in [-0.05, 0) is 19.4 Å². The van der Waals surface area contributed by atoms with Crippen molar-refractivity contribution in [2.75, 3.05) is 0 Å². The van der Waals surface area contributed by atoms with E-state index in [-0.39, 0.29) is 12.0 Å². The van der Waals surface area contributed by atoms with Crippen molar-refractivity contribution in [1.29, 1.82) is 0 Å². The Hall–Kier alpha value is -1.68. The molecule has 0 radical (unpaired) electrons. The molecule has 0 atom stereocenters. The van der Waals surface area contributed by atoms with Gasteiger partial charge in [-0.25, -0.2) is 0 Å². The Balaban J connectivity index is 2.38. The normalized spacial score (nSPS) is 11.7. The summed E-state index contributed by atoms with van der Waals surface area (Å²) >= 11 is 0. The minimum absolute atomic E-state index is 0.276. The Morgan fingerprint density at radius 1 is 1.19 bits per heavy atom. The van der Waals surface area contributed by atoms with Crippen LogP contribution >= 0.6 is 0 Å². The van der Waals surface area contributed by atoms with E-state index in [4.69, 9.17) is 10.2 Å². The van der Waals surface area contributed by atoms with E-state index >= 15 is 0 Å². The highest BCUT2D eigenvalue weighted by atomic mass is 16.4. The van der Waals surface area contributed by atoms with Crippen LogP contribution in [0.1, 0.15) is 31.2 Å². The van der Waals surface area contributed by atoms with Crippen LogP contribution in [-0.4, -0.2) is 10.2 Å². The van der Waals surface area contributed by atoms with Crippen LogP contribution < -0.4 is 5.73 Å². The third-order valence-corrected chi connectivity index (χ3v) is 2.67. The molecule has 2 N–H and O–H groups in total. The van der Waals surface area contributed by atoms with Gasteiger partial charge < -0.3 is 10.2 Å². The first-order chi connectivity index (χ1) is 7.64. The number of nitrogens with two attached hydrogens (primary N) is 1. The van der Waals surface area contributed by atoms with Crippen LogP contribution in [0.2, 0.25) is 0 Å². The summed E-state index contributed by atoms with van der Waals surface area (Å²) in [5, 5.41) is 7.92. The maximum absolute atomic E-state index is 5.50. The minimum Gasteiger partial charge on any atom is -0.423 e. The first-order valence-electron chi connectivity index (χ1n) is 5.23. The number of hydrogen-bond donors (Lipinski definition) is 1. The SMILES string of the molecule is CC(C)(c1ccccc1)c1nnc(CN)o1. The monoisotopic (exact) mass is 217 g/mol. The van der Waals surface area contributed by atoms with Gasteiger partial charge in [-0.2, -0.15) is 0 Å². The van der Waals surface area contributed by atoms with Gasteiger partial charge in [0, 0.05) is 0 Å². The molecule has 1 aromatic carbocycles. The summed E-state index contributed by atoms with van der Waals surface area (Å²) in [5.74, 6) is 1.07. The number of benzene rings is 1. The van der Waals surface area contributed by atoms with Crippen molar-refractivity contribution in [2.24, 2.45) is 5.73 Å². The van der Waals surface area contributed by atoms with E-state index in [1.54, 1.807) is 0 Å². The highest BCUT2D eigenvalue weighted by Gasteiger charge is 2.29. The van der Waals surface area contributed by atoms with Crippen LogP contribution in [0.3, 0.4) is 0 Å². The standard InChI is InChI=1S/C12H15N3O/c1-12(2,9-6-4-3-5-7-9)11-15-14-10(8-13)16-11/h3-7H,8,13H2,1-2H3. The Kier molecular flexibility index (Phi) is 2.75. The average Bonchev–Trinajstić information content (AvgIpc) is 2.79. The number of aromatic nitrogens is 2. The fourth-order valence-corrected chi connectivity index (χ4v) is 1.57. The van der Waals surface area contributed by atoms with E-state index in [1.165, 1.54) is 0 Å². The van der Waals surface area contributed by atoms with E-state index in [0.29, 0.717) is 11.8 Å². The Bertz CT molecular complexity index is 462. The van der Waals surface area contributed by atoms with Crippen LogP contribution in [0.5, 0.6) is 0 Å². The van der Waals surface area contributed by atoms with Crippen molar-refractivity contribution in [2.45, 2.75) is 25.8 Å². The molecular formula is C12H15N3O. The molecule has 0 amide bonds. The van der Waals surface area contributed by atoms with Crippen LogP contribution in [-0.2, 0) is 12.0 Å². The molecule has 0 aliphatic carbocycles. The molecule has 16 heavy (non-hydrogen) atoms. The molecule has 0 fully saturated rings. The molecule has 0 unspecified atom stereocenters. The van der Waals surface area contributed by atoms with Gasteiger partial charge in [-0.15, -0.1) is 10.2 Å². The molecule has 4 nitrogen and oxygen atoms in total. The Labute approximate surface area is 94.5 Å². The molecule has 0 saturated carbocycles. The summed E-state index contributed by atoms with van der Waals surface area (Å²) < 4.78 is 5.50. The molecular weight excluding hydrogens is 202 g/mol. The molecule has 84 valence electrons. The van der Waals surface area contributed by atoms with Gasteiger partial charge in [-0.1, -0.05) is 30.3 Å². The quantitative estimate of drug-likeness (QED) is 0.852. The van der Waals surface area contributed by atoms with Gasteiger partial charge in [0.2, 0.25) is 11.8 Å². The second-order valence-corrected chi connectivity index (χ2v) is 4.20. The van der Waals surface area contributed by atoms with Crippen molar-refractivity contribution in [3.05, 3.63) is 47.7 Å². The largest absolute Gasteiger partial charge is 0.423 e. The van der Waals surface area contributed by atoms with E-state index in [9.17, 15) is 0 Å². The zero-order valence-corrected chi connectivity index (χ0v) is 9.47. The molecule has 2 rings (SSSR count). The molecule has 0 aliphatic rings. The topological polar surface area (TPSA) is 64.9 Å². The van der Waals surface area contributed by atoms with E-state index in [0.717, 1.165) is 5.56 Å². The van der Waals surface area contributed by atoms with Gasteiger partial charge >= 0.3 is 0 Å². The van der Waals surface area contributed by atoms with Crippen LogP contribution in [0, 0.1) is 0 Å². The van der Waals surface area contributed by atoms with Gasteiger partial charge in [0.15, 0.2) is 0 Å². The molecule has 1 aromatic heterocycles. The van der Waals surface area contributed by atoms with Crippen LogP contribution in [0.4, 0.5) is 0 Å². The summed E-state index contributed by atoms with van der Waals surface area (Å²) in [6, 6.07) is 10.1. The fourth-order valence-electron chi connectivity index (χ4n) is 1.57. The summed E-state index contributed by atoms with van der Waals surface area (Å²) in [6.07, 6.45) is 0. The smallest absolute Gasteiger partial charge is 0.230 e. The molecule has 4 heteroatoms. The minimum atomic E-state index is -0.290. The van der Waals surface area contributed by atoms with E-state index in [2.05, 4.69) is 24.0 Å². The molecule has 0 aliphatic heterocycles.